The number of benzene rings is 1. The van der Waals surface area contributed by atoms with E-state index in [1.54, 1.807) is 16.2 Å². The van der Waals surface area contributed by atoms with Gasteiger partial charge in [0.2, 0.25) is 0 Å². The highest BCUT2D eigenvalue weighted by atomic mass is 35.5. The van der Waals surface area contributed by atoms with Gasteiger partial charge in [-0.1, -0.05) is 29.8 Å². The highest BCUT2D eigenvalue weighted by Crippen LogP contribution is 2.23. The molecule has 112 valence electrons. The number of carbonyl (C=O) groups is 1. The molecule has 3 nitrogen and oxygen atoms in total. The molecule has 0 radical (unpaired) electrons. The smallest absolute Gasteiger partial charge is 0.317 e. The zero-order valence-corrected chi connectivity index (χ0v) is 13.7. The summed E-state index contributed by atoms with van der Waals surface area (Å²) in [4.78, 5) is 15.0. The van der Waals surface area contributed by atoms with Crippen LogP contribution in [0.1, 0.15) is 23.4 Å². The van der Waals surface area contributed by atoms with Crippen LogP contribution in [0.4, 0.5) is 4.79 Å². The standard InChI is InChI=1S/C16H19ClN2OS/c1-12(15-7-4-10-21-15)19(2)16(20)18-9-8-13-5-3-6-14(17)11-13/h3-7,10-12H,8-9H2,1-2H3,(H,18,20). The van der Waals surface area contributed by atoms with Crippen LogP contribution >= 0.6 is 22.9 Å². The summed E-state index contributed by atoms with van der Waals surface area (Å²) >= 11 is 7.60. The van der Waals surface area contributed by atoms with Gasteiger partial charge >= 0.3 is 6.03 Å². The molecular formula is C16H19ClN2OS. The number of amides is 2. The number of urea groups is 1. The lowest BCUT2D eigenvalue weighted by Crippen LogP contribution is -2.39. The largest absolute Gasteiger partial charge is 0.338 e. The second-order valence-electron chi connectivity index (χ2n) is 4.91. The molecule has 1 heterocycles. The molecule has 0 aliphatic rings. The fourth-order valence-electron chi connectivity index (χ4n) is 2.03. The Morgan fingerprint density at radius 1 is 1.38 bits per heavy atom. The molecule has 0 bridgehead atoms. The van der Waals surface area contributed by atoms with Crippen molar-refractivity contribution in [2.24, 2.45) is 0 Å². The van der Waals surface area contributed by atoms with E-state index in [4.69, 9.17) is 11.6 Å². The maximum absolute atomic E-state index is 12.1. The fourth-order valence-corrected chi connectivity index (χ4v) is 3.07. The van der Waals surface area contributed by atoms with E-state index in [0.29, 0.717) is 6.54 Å². The van der Waals surface area contributed by atoms with Crippen LogP contribution < -0.4 is 5.32 Å². The van der Waals surface area contributed by atoms with Crippen LogP contribution in [0.5, 0.6) is 0 Å². The molecule has 1 aromatic heterocycles. The van der Waals surface area contributed by atoms with Gasteiger partial charge in [0.25, 0.3) is 0 Å². The topological polar surface area (TPSA) is 32.3 Å². The predicted molar refractivity (Wildman–Crippen MR) is 89.1 cm³/mol. The third-order valence-corrected chi connectivity index (χ3v) is 4.71. The zero-order valence-electron chi connectivity index (χ0n) is 12.2. The number of rotatable bonds is 5. The van der Waals surface area contributed by atoms with E-state index < -0.39 is 0 Å². The van der Waals surface area contributed by atoms with E-state index >= 15 is 0 Å². The quantitative estimate of drug-likeness (QED) is 0.872. The molecule has 1 atom stereocenters. The summed E-state index contributed by atoms with van der Waals surface area (Å²) in [5.41, 5.74) is 1.12. The maximum Gasteiger partial charge on any atom is 0.317 e. The third kappa shape index (κ3) is 4.48. The molecule has 0 fully saturated rings. The Morgan fingerprint density at radius 2 is 2.19 bits per heavy atom. The molecule has 0 aliphatic heterocycles. The first kappa shape index (κ1) is 15.9. The van der Waals surface area contributed by atoms with Crippen molar-refractivity contribution in [2.45, 2.75) is 19.4 Å². The molecular weight excluding hydrogens is 304 g/mol. The Hall–Kier alpha value is -1.52. The molecule has 5 heteroatoms. The van der Waals surface area contributed by atoms with Gasteiger partial charge in [-0.2, -0.15) is 0 Å². The average Bonchev–Trinajstić information content (AvgIpc) is 3.00. The minimum Gasteiger partial charge on any atom is -0.338 e. The van der Waals surface area contributed by atoms with Gasteiger partial charge in [0, 0.05) is 23.5 Å². The number of thiophene rings is 1. The summed E-state index contributed by atoms with van der Waals surface area (Å²) in [6, 6.07) is 11.8. The van der Waals surface area contributed by atoms with E-state index in [1.807, 2.05) is 55.7 Å². The Balaban J connectivity index is 1.81. The van der Waals surface area contributed by atoms with Crippen molar-refractivity contribution in [1.82, 2.24) is 10.2 Å². The van der Waals surface area contributed by atoms with Crippen molar-refractivity contribution < 1.29 is 4.79 Å². The molecule has 0 saturated carbocycles. The van der Waals surface area contributed by atoms with Crippen LogP contribution in [0.3, 0.4) is 0 Å². The van der Waals surface area contributed by atoms with E-state index in [0.717, 1.165) is 17.0 Å². The average molecular weight is 323 g/mol. The highest BCUT2D eigenvalue weighted by molar-refractivity contribution is 7.10. The van der Waals surface area contributed by atoms with Gasteiger partial charge < -0.3 is 10.2 Å². The van der Waals surface area contributed by atoms with Crippen molar-refractivity contribution in [3.63, 3.8) is 0 Å². The Bertz CT molecular complexity index is 586. The van der Waals surface area contributed by atoms with E-state index in [9.17, 15) is 4.79 Å². The number of carbonyl (C=O) groups excluding carboxylic acids is 1. The van der Waals surface area contributed by atoms with Crippen LogP contribution in [0.2, 0.25) is 5.02 Å². The third-order valence-electron chi connectivity index (χ3n) is 3.44. The maximum atomic E-state index is 12.1. The van der Waals surface area contributed by atoms with Crippen molar-refractivity contribution in [1.29, 1.82) is 0 Å². The highest BCUT2D eigenvalue weighted by Gasteiger charge is 2.17. The Labute approximate surface area is 134 Å². The molecule has 1 N–H and O–H groups in total. The summed E-state index contributed by atoms with van der Waals surface area (Å²) < 4.78 is 0. The second kappa shape index (κ2) is 7.48. The summed E-state index contributed by atoms with van der Waals surface area (Å²) in [5.74, 6) is 0. The van der Waals surface area contributed by atoms with Crippen molar-refractivity contribution in [2.75, 3.05) is 13.6 Å². The van der Waals surface area contributed by atoms with E-state index in [2.05, 4.69) is 5.32 Å². The van der Waals surface area contributed by atoms with Crippen molar-refractivity contribution >= 4 is 29.0 Å². The second-order valence-corrected chi connectivity index (χ2v) is 6.33. The molecule has 21 heavy (non-hydrogen) atoms. The van der Waals surface area contributed by atoms with Crippen LogP contribution in [0.25, 0.3) is 0 Å². The van der Waals surface area contributed by atoms with Gasteiger partial charge in [-0.05, 0) is 42.5 Å². The summed E-state index contributed by atoms with van der Waals surface area (Å²) in [6.45, 7) is 2.63. The number of nitrogens with one attached hydrogen (secondary N) is 1. The minimum atomic E-state index is -0.0575. The molecule has 1 aromatic carbocycles. The number of hydrogen-bond donors (Lipinski definition) is 1. The van der Waals surface area contributed by atoms with Gasteiger partial charge in [0.05, 0.1) is 6.04 Å². The van der Waals surface area contributed by atoms with Gasteiger partial charge in [-0.3, -0.25) is 0 Å². The van der Waals surface area contributed by atoms with Crippen molar-refractivity contribution in [3.05, 3.63) is 57.2 Å². The lowest BCUT2D eigenvalue weighted by molar-refractivity contribution is 0.195. The lowest BCUT2D eigenvalue weighted by atomic mass is 10.1. The Morgan fingerprint density at radius 3 is 2.86 bits per heavy atom. The fraction of sp³-hybridized carbons (Fsp3) is 0.312. The first-order valence-corrected chi connectivity index (χ1v) is 8.12. The monoisotopic (exact) mass is 322 g/mol. The first-order chi connectivity index (χ1) is 10.1. The van der Waals surface area contributed by atoms with Gasteiger partial charge in [0.15, 0.2) is 0 Å². The molecule has 0 saturated heterocycles. The zero-order chi connectivity index (χ0) is 15.2. The van der Waals surface area contributed by atoms with Gasteiger partial charge in [-0.15, -0.1) is 11.3 Å². The molecule has 0 aliphatic carbocycles. The predicted octanol–water partition coefficient (Wildman–Crippen LogP) is 4.35. The summed E-state index contributed by atoms with van der Waals surface area (Å²) in [6.07, 6.45) is 0.771. The number of halogens is 1. The van der Waals surface area contributed by atoms with Crippen LogP contribution in [0.15, 0.2) is 41.8 Å². The van der Waals surface area contributed by atoms with Crippen molar-refractivity contribution in [3.8, 4) is 0 Å². The first-order valence-electron chi connectivity index (χ1n) is 6.86. The summed E-state index contributed by atoms with van der Waals surface area (Å²) in [7, 11) is 1.82. The van der Waals surface area contributed by atoms with Crippen LogP contribution in [0, 0.1) is 0 Å². The molecule has 1 unspecified atom stereocenters. The molecule has 0 spiro atoms. The lowest BCUT2D eigenvalue weighted by Gasteiger charge is -2.24. The van der Waals surface area contributed by atoms with Gasteiger partial charge in [0.1, 0.15) is 0 Å². The number of nitrogens with zero attached hydrogens (tertiary/aromatic N) is 1. The van der Waals surface area contributed by atoms with E-state index in [-0.39, 0.29) is 12.1 Å². The Kier molecular flexibility index (Phi) is 5.65. The summed E-state index contributed by atoms with van der Waals surface area (Å²) in [5, 5.41) is 5.69. The van der Waals surface area contributed by atoms with Gasteiger partial charge in [-0.25, -0.2) is 4.79 Å². The van der Waals surface area contributed by atoms with E-state index in [1.165, 1.54) is 4.88 Å². The minimum absolute atomic E-state index is 0.0575. The van der Waals surface area contributed by atoms with Crippen LogP contribution in [-0.2, 0) is 6.42 Å². The normalized spacial score (nSPS) is 12.0. The molecule has 2 aromatic rings. The molecule has 2 amide bonds. The van der Waals surface area contributed by atoms with Crippen LogP contribution in [-0.4, -0.2) is 24.5 Å². The number of hydrogen-bond acceptors (Lipinski definition) is 2. The molecule has 2 rings (SSSR count). The SMILES string of the molecule is CC(c1cccs1)N(C)C(=O)NCCc1cccc(Cl)c1.